The summed E-state index contributed by atoms with van der Waals surface area (Å²) in [5, 5.41) is 19.0. The third kappa shape index (κ3) is 2.39. The van der Waals surface area contributed by atoms with Crippen LogP contribution in [0.2, 0.25) is 0 Å². The summed E-state index contributed by atoms with van der Waals surface area (Å²) in [6.45, 7) is 3.57. The van der Waals surface area contributed by atoms with E-state index in [0.717, 1.165) is 27.7 Å². The fourth-order valence-corrected chi connectivity index (χ4v) is 2.64. The number of benzene rings is 2. The van der Waals surface area contributed by atoms with Crippen molar-refractivity contribution in [3.05, 3.63) is 66.0 Å². The van der Waals surface area contributed by atoms with Crippen LogP contribution in [0.1, 0.15) is 16.7 Å². The average molecular weight is 289 g/mol. The van der Waals surface area contributed by atoms with Gasteiger partial charge in [-0.25, -0.2) is 4.98 Å². The monoisotopic (exact) mass is 289 g/mol. The SMILES string of the molecule is C=CCc1cc(C#N)c(CO)c(-c2ccc3[nH]cnc3c2)c1. The van der Waals surface area contributed by atoms with Crippen LogP contribution in [0.15, 0.2) is 49.3 Å². The maximum atomic E-state index is 9.69. The highest BCUT2D eigenvalue weighted by atomic mass is 16.3. The predicted molar refractivity (Wildman–Crippen MR) is 86.1 cm³/mol. The zero-order valence-electron chi connectivity index (χ0n) is 12.0. The van der Waals surface area contributed by atoms with Crippen LogP contribution < -0.4 is 0 Å². The van der Waals surface area contributed by atoms with Gasteiger partial charge in [-0.1, -0.05) is 18.2 Å². The molecule has 0 spiro atoms. The number of aliphatic hydroxyl groups excluding tert-OH is 1. The topological polar surface area (TPSA) is 72.7 Å². The molecule has 0 amide bonds. The molecule has 2 N–H and O–H groups in total. The van der Waals surface area contributed by atoms with Crippen molar-refractivity contribution in [1.82, 2.24) is 9.97 Å². The minimum Gasteiger partial charge on any atom is -0.392 e. The van der Waals surface area contributed by atoms with Gasteiger partial charge in [0, 0.05) is 5.56 Å². The van der Waals surface area contributed by atoms with Gasteiger partial charge in [-0.3, -0.25) is 0 Å². The normalized spacial score (nSPS) is 10.5. The van der Waals surface area contributed by atoms with Crippen LogP contribution in [-0.4, -0.2) is 15.1 Å². The quantitative estimate of drug-likeness (QED) is 0.724. The van der Waals surface area contributed by atoms with E-state index in [9.17, 15) is 10.4 Å². The Labute approximate surface area is 128 Å². The van der Waals surface area contributed by atoms with Gasteiger partial charge in [0.1, 0.15) is 0 Å². The van der Waals surface area contributed by atoms with Crippen LogP contribution in [0.5, 0.6) is 0 Å². The van der Waals surface area contributed by atoms with Gasteiger partial charge < -0.3 is 10.1 Å². The predicted octanol–water partition coefficient (Wildman–Crippen LogP) is 3.32. The van der Waals surface area contributed by atoms with Gasteiger partial charge in [0.25, 0.3) is 0 Å². The number of imidazole rings is 1. The molecule has 1 aromatic heterocycles. The third-order valence-corrected chi connectivity index (χ3v) is 3.70. The van der Waals surface area contributed by atoms with E-state index < -0.39 is 0 Å². The van der Waals surface area contributed by atoms with E-state index in [1.807, 2.05) is 30.3 Å². The lowest BCUT2D eigenvalue weighted by Crippen LogP contribution is -1.97. The smallest absolute Gasteiger partial charge is 0.0995 e. The summed E-state index contributed by atoms with van der Waals surface area (Å²) in [6, 6.07) is 11.9. The third-order valence-electron chi connectivity index (χ3n) is 3.70. The van der Waals surface area contributed by atoms with Crippen molar-refractivity contribution in [2.45, 2.75) is 13.0 Å². The second-order valence-corrected chi connectivity index (χ2v) is 5.07. The molecule has 0 fully saturated rings. The van der Waals surface area contributed by atoms with Crippen molar-refractivity contribution in [2.24, 2.45) is 0 Å². The molecule has 0 aliphatic rings. The van der Waals surface area contributed by atoms with Crippen molar-refractivity contribution in [1.29, 1.82) is 5.26 Å². The van der Waals surface area contributed by atoms with E-state index in [1.165, 1.54) is 0 Å². The number of nitrogens with zero attached hydrogens (tertiary/aromatic N) is 2. The number of allylic oxidation sites excluding steroid dienone is 1. The number of hydrogen-bond acceptors (Lipinski definition) is 3. The highest BCUT2D eigenvalue weighted by Crippen LogP contribution is 2.30. The summed E-state index contributed by atoms with van der Waals surface area (Å²) >= 11 is 0. The van der Waals surface area contributed by atoms with E-state index in [2.05, 4.69) is 22.6 Å². The number of rotatable bonds is 4. The molecular formula is C18H15N3O. The van der Waals surface area contributed by atoms with Crippen molar-refractivity contribution < 1.29 is 5.11 Å². The molecular weight excluding hydrogens is 274 g/mol. The number of nitrogens with one attached hydrogen (secondary N) is 1. The van der Waals surface area contributed by atoms with Crippen LogP contribution >= 0.6 is 0 Å². The zero-order chi connectivity index (χ0) is 15.5. The second-order valence-electron chi connectivity index (χ2n) is 5.07. The molecule has 0 radical (unpaired) electrons. The number of fused-ring (bicyclic) bond motifs is 1. The van der Waals surface area contributed by atoms with Gasteiger partial charge >= 0.3 is 0 Å². The van der Waals surface area contributed by atoms with Crippen LogP contribution in [-0.2, 0) is 13.0 Å². The fourth-order valence-electron chi connectivity index (χ4n) is 2.64. The molecule has 0 aliphatic heterocycles. The molecule has 0 unspecified atom stereocenters. The summed E-state index contributed by atoms with van der Waals surface area (Å²) < 4.78 is 0. The van der Waals surface area contributed by atoms with Gasteiger partial charge in [0.05, 0.1) is 35.6 Å². The van der Waals surface area contributed by atoms with E-state index in [1.54, 1.807) is 12.4 Å². The Morgan fingerprint density at radius 2 is 2.18 bits per heavy atom. The van der Waals surface area contributed by atoms with Crippen molar-refractivity contribution >= 4 is 11.0 Å². The van der Waals surface area contributed by atoms with Crippen molar-refractivity contribution in [3.8, 4) is 17.2 Å². The van der Waals surface area contributed by atoms with Crippen LogP contribution in [0.4, 0.5) is 0 Å². The Bertz CT molecular complexity index is 887. The number of nitriles is 1. The molecule has 4 heteroatoms. The van der Waals surface area contributed by atoms with Crippen molar-refractivity contribution in [2.75, 3.05) is 0 Å². The van der Waals surface area contributed by atoms with Crippen LogP contribution in [0.3, 0.4) is 0 Å². The fraction of sp³-hybridized carbons (Fsp3) is 0.111. The highest BCUT2D eigenvalue weighted by Gasteiger charge is 2.12. The Kier molecular flexibility index (Phi) is 3.73. The van der Waals surface area contributed by atoms with E-state index in [0.29, 0.717) is 17.5 Å². The maximum Gasteiger partial charge on any atom is 0.0995 e. The molecule has 0 aliphatic carbocycles. The number of hydrogen-bond donors (Lipinski definition) is 2. The molecule has 2 aromatic carbocycles. The first kappa shape index (κ1) is 14.1. The molecule has 4 nitrogen and oxygen atoms in total. The number of H-pyrrole nitrogens is 1. The molecule has 108 valence electrons. The molecule has 0 bridgehead atoms. The van der Waals surface area contributed by atoms with Gasteiger partial charge in [0.2, 0.25) is 0 Å². The molecule has 0 saturated carbocycles. The molecule has 0 atom stereocenters. The van der Waals surface area contributed by atoms with Gasteiger partial charge in [-0.05, 0) is 41.3 Å². The van der Waals surface area contributed by atoms with Crippen LogP contribution in [0, 0.1) is 11.3 Å². The Balaban J connectivity index is 2.24. The minimum atomic E-state index is -0.175. The Morgan fingerprint density at radius 1 is 1.32 bits per heavy atom. The summed E-state index contributed by atoms with van der Waals surface area (Å²) in [4.78, 5) is 7.32. The number of aliphatic hydroxyl groups is 1. The van der Waals surface area contributed by atoms with Gasteiger partial charge in [-0.15, -0.1) is 6.58 Å². The van der Waals surface area contributed by atoms with E-state index in [4.69, 9.17) is 0 Å². The van der Waals surface area contributed by atoms with E-state index >= 15 is 0 Å². The highest BCUT2D eigenvalue weighted by molar-refractivity contribution is 5.83. The molecule has 3 rings (SSSR count). The standard InChI is InChI=1S/C18H15N3O/c1-2-3-12-6-14(9-19)16(10-22)15(7-12)13-4-5-17-18(8-13)21-11-20-17/h2,4-8,11,22H,1,3,10H2,(H,20,21). The Hall–Kier alpha value is -2.90. The summed E-state index contributed by atoms with van der Waals surface area (Å²) in [5.74, 6) is 0. The summed E-state index contributed by atoms with van der Waals surface area (Å²) in [7, 11) is 0. The Morgan fingerprint density at radius 3 is 2.91 bits per heavy atom. The molecule has 1 heterocycles. The first-order chi connectivity index (χ1) is 10.8. The zero-order valence-corrected chi connectivity index (χ0v) is 12.0. The maximum absolute atomic E-state index is 9.69. The van der Waals surface area contributed by atoms with Gasteiger partial charge in [-0.2, -0.15) is 5.26 Å². The van der Waals surface area contributed by atoms with Crippen molar-refractivity contribution in [3.63, 3.8) is 0 Å². The molecule has 0 saturated heterocycles. The summed E-state index contributed by atoms with van der Waals surface area (Å²) in [5.41, 5.74) is 5.76. The lowest BCUT2D eigenvalue weighted by atomic mass is 9.92. The first-order valence-electron chi connectivity index (χ1n) is 6.98. The van der Waals surface area contributed by atoms with E-state index in [-0.39, 0.29) is 6.61 Å². The average Bonchev–Trinajstić information content (AvgIpc) is 3.01. The minimum absolute atomic E-state index is 0.175. The molecule has 22 heavy (non-hydrogen) atoms. The lowest BCUT2D eigenvalue weighted by Gasteiger charge is -2.12. The molecule has 3 aromatic rings. The first-order valence-corrected chi connectivity index (χ1v) is 6.98. The largest absolute Gasteiger partial charge is 0.392 e. The second kappa shape index (κ2) is 5.84. The van der Waals surface area contributed by atoms with Crippen LogP contribution in [0.25, 0.3) is 22.2 Å². The summed E-state index contributed by atoms with van der Waals surface area (Å²) in [6.07, 6.45) is 4.13. The lowest BCUT2D eigenvalue weighted by molar-refractivity contribution is 0.282. The van der Waals surface area contributed by atoms with Gasteiger partial charge in [0.15, 0.2) is 0 Å². The number of aromatic nitrogens is 2. The number of aromatic amines is 1.